The van der Waals surface area contributed by atoms with Crippen LogP contribution in [0.1, 0.15) is 107 Å². The summed E-state index contributed by atoms with van der Waals surface area (Å²) in [6.07, 6.45) is 10.6. The Balaban J connectivity index is 1.98. The molecule has 0 aromatic heterocycles. The summed E-state index contributed by atoms with van der Waals surface area (Å²) in [6.45, 7) is 5.84. The highest BCUT2D eigenvalue weighted by Crippen LogP contribution is 2.28. The molecule has 1 fully saturated rings. The maximum Gasteiger partial charge on any atom is 0.305 e. The smallest absolute Gasteiger partial charge is 0.305 e. The Hall–Kier alpha value is -3.67. The van der Waals surface area contributed by atoms with Crippen LogP contribution in [0, 0.1) is 19.8 Å². The van der Waals surface area contributed by atoms with Crippen molar-refractivity contribution in [2.24, 2.45) is 11.7 Å². The topological polar surface area (TPSA) is 180 Å². The molecule has 0 radical (unpaired) electrons. The lowest BCUT2D eigenvalue weighted by Gasteiger charge is -2.29. The molecule has 1 aliphatic carbocycles. The Kier molecular flexibility index (Phi) is 18.0. The van der Waals surface area contributed by atoms with Gasteiger partial charge in [0.2, 0.25) is 23.6 Å². The predicted molar refractivity (Wildman–Crippen MR) is 185 cm³/mol. The minimum absolute atomic E-state index is 0.146. The molecule has 6 N–H and O–H groups in total. The number of likely N-dealkylation sites (N-methyl/N-ethyl adjacent to an activating group) is 1. The first-order valence-electron chi connectivity index (χ1n) is 17.6. The molecule has 0 unspecified atom stereocenters. The van der Waals surface area contributed by atoms with Crippen molar-refractivity contribution in [1.29, 1.82) is 0 Å². The average Bonchev–Trinajstić information content (AvgIpc) is 3.06. The van der Waals surface area contributed by atoms with Crippen LogP contribution < -0.4 is 21.7 Å². The third-order valence-electron chi connectivity index (χ3n) is 9.25. The molecule has 0 saturated heterocycles. The molecule has 270 valence electrons. The molecular weight excluding hydrogens is 614 g/mol. The molecule has 1 aromatic carbocycles. The molecule has 3 atom stereocenters. The lowest BCUT2D eigenvalue weighted by molar-refractivity contribution is -0.140. The number of hydrogen-bond acceptors (Lipinski definition) is 8. The average molecular weight is 674 g/mol. The first-order valence-corrected chi connectivity index (χ1v) is 17.6. The van der Waals surface area contributed by atoms with E-state index in [1.165, 1.54) is 13.5 Å². The molecule has 1 aromatic rings. The van der Waals surface area contributed by atoms with E-state index in [4.69, 9.17) is 5.73 Å². The number of aryl methyl sites for hydroxylation is 2. The highest BCUT2D eigenvalue weighted by atomic mass is 16.5. The molecule has 2 rings (SSSR count). The zero-order chi connectivity index (χ0) is 35.6. The lowest BCUT2D eigenvalue weighted by Crippen LogP contribution is -2.54. The number of ether oxygens (including phenoxy) is 1. The summed E-state index contributed by atoms with van der Waals surface area (Å²) in [6, 6.07) is 0.748. The number of carbonyl (C=O) groups excluding carboxylic acids is 5. The molecule has 1 saturated carbocycles. The van der Waals surface area contributed by atoms with Crippen molar-refractivity contribution in [1.82, 2.24) is 20.9 Å². The van der Waals surface area contributed by atoms with Gasteiger partial charge in [-0.15, -0.1) is 0 Å². The summed E-state index contributed by atoms with van der Waals surface area (Å²) in [5.74, 6) is -1.38. The lowest BCUT2D eigenvalue weighted by atomic mass is 9.84. The molecule has 0 heterocycles. The second-order valence-corrected chi connectivity index (χ2v) is 13.3. The van der Waals surface area contributed by atoms with Crippen molar-refractivity contribution in [3.8, 4) is 5.75 Å². The van der Waals surface area contributed by atoms with Crippen LogP contribution in [-0.4, -0.2) is 85.0 Å². The SMILES string of the molecule is CCCC[C@@H](NC(=O)[C@H](N)Cc1c(C)cc(O)cc1C)C(=O)NCC(=O)N[C@@H](CC1CCCCC1)C(=O)N(C)CCCCCC(=O)OC. The highest BCUT2D eigenvalue weighted by Gasteiger charge is 2.29. The van der Waals surface area contributed by atoms with Crippen LogP contribution in [0.5, 0.6) is 5.75 Å². The maximum atomic E-state index is 13.5. The minimum atomic E-state index is -0.913. The third kappa shape index (κ3) is 14.2. The van der Waals surface area contributed by atoms with Gasteiger partial charge in [-0.25, -0.2) is 0 Å². The van der Waals surface area contributed by atoms with Crippen molar-refractivity contribution in [3.63, 3.8) is 0 Å². The number of benzene rings is 1. The van der Waals surface area contributed by atoms with Gasteiger partial charge >= 0.3 is 5.97 Å². The van der Waals surface area contributed by atoms with Gasteiger partial charge in [-0.1, -0.05) is 58.3 Å². The van der Waals surface area contributed by atoms with Crippen molar-refractivity contribution >= 4 is 29.6 Å². The number of methoxy groups -OCH3 is 1. The number of phenols is 1. The van der Waals surface area contributed by atoms with Crippen molar-refractivity contribution < 1.29 is 33.8 Å². The molecule has 1 aliphatic rings. The fourth-order valence-corrected chi connectivity index (χ4v) is 6.35. The molecular formula is C36H59N5O7. The van der Waals surface area contributed by atoms with E-state index in [1.54, 1.807) is 24.1 Å². The normalized spacial score (nSPS) is 15.1. The number of esters is 1. The van der Waals surface area contributed by atoms with Gasteiger partial charge in [-0.05, 0) is 80.7 Å². The fourth-order valence-electron chi connectivity index (χ4n) is 6.35. The van der Waals surface area contributed by atoms with Crippen LogP contribution in [-0.2, 0) is 35.1 Å². The van der Waals surface area contributed by atoms with E-state index < -0.39 is 35.8 Å². The quantitative estimate of drug-likeness (QED) is 0.103. The number of carbonyl (C=O) groups is 5. The van der Waals surface area contributed by atoms with Crippen molar-refractivity contribution in [3.05, 3.63) is 28.8 Å². The number of nitrogens with zero attached hydrogens (tertiary/aromatic N) is 1. The number of unbranched alkanes of at least 4 members (excludes halogenated alkanes) is 3. The number of rotatable bonds is 20. The monoisotopic (exact) mass is 673 g/mol. The first-order chi connectivity index (χ1) is 22.9. The van der Waals surface area contributed by atoms with Crippen LogP contribution in [0.25, 0.3) is 0 Å². The number of hydrogen-bond donors (Lipinski definition) is 5. The van der Waals surface area contributed by atoms with E-state index >= 15 is 0 Å². The van der Waals surface area contributed by atoms with E-state index in [1.807, 2.05) is 20.8 Å². The Morgan fingerprint density at radius 2 is 1.62 bits per heavy atom. The summed E-state index contributed by atoms with van der Waals surface area (Å²) in [4.78, 5) is 65.9. The third-order valence-corrected chi connectivity index (χ3v) is 9.25. The number of nitrogens with one attached hydrogen (secondary N) is 3. The van der Waals surface area contributed by atoms with Crippen LogP contribution in [0.3, 0.4) is 0 Å². The van der Waals surface area contributed by atoms with E-state index in [0.717, 1.165) is 61.6 Å². The number of amides is 4. The van der Waals surface area contributed by atoms with Crippen molar-refractivity contribution in [2.45, 2.75) is 129 Å². The first kappa shape index (κ1) is 40.5. The van der Waals surface area contributed by atoms with E-state index in [0.29, 0.717) is 44.6 Å². The van der Waals surface area contributed by atoms with E-state index in [2.05, 4.69) is 20.7 Å². The zero-order valence-electron chi connectivity index (χ0n) is 29.7. The van der Waals surface area contributed by atoms with Gasteiger partial charge in [-0.3, -0.25) is 24.0 Å². The van der Waals surface area contributed by atoms with Gasteiger partial charge in [0.15, 0.2) is 0 Å². The second kappa shape index (κ2) is 21.3. The van der Waals surface area contributed by atoms with Crippen LogP contribution >= 0.6 is 0 Å². The summed E-state index contributed by atoms with van der Waals surface area (Å²) >= 11 is 0. The van der Waals surface area contributed by atoms with Gasteiger partial charge in [-0.2, -0.15) is 0 Å². The molecule has 4 amide bonds. The largest absolute Gasteiger partial charge is 0.508 e. The Morgan fingerprint density at radius 1 is 0.958 bits per heavy atom. The number of nitrogens with two attached hydrogens (primary N) is 1. The molecule has 12 heteroatoms. The maximum absolute atomic E-state index is 13.5. The van der Waals surface area contributed by atoms with Gasteiger partial charge in [0.1, 0.15) is 17.8 Å². The molecule has 48 heavy (non-hydrogen) atoms. The standard InChI is InChI=1S/C36H59N5O7/c1-6-7-16-30(40-34(45)29(37)22-28-24(2)19-27(42)20-25(28)3)35(46)38-23-32(43)39-31(21-26-14-10-8-11-15-26)36(47)41(4)18-13-9-12-17-33(44)48-5/h19-20,26,29-31,42H,6-18,21-23,37H2,1-5H3,(H,38,46)(H,39,43)(H,40,45)/t29-,30-,31+/m1/s1. The van der Waals surface area contributed by atoms with Crippen molar-refractivity contribution in [2.75, 3.05) is 27.2 Å². The summed E-state index contributed by atoms with van der Waals surface area (Å²) in [5.41, 5.74) is 8.76. The van der Waals surface area contributed by atoms with E-state index in [9.17, 15) is 29.1 Å². The molecule has 0 spiro atoms. The number of aromatic hydroxyl groups is 1. The molecule has 12 nitrogen and oxygen atoms in total. The fraction of sp³-hybridized carbons (Fsp3) is 0.694. The van der Waals surface area contributed by atoms with Gasteiger partial charge < -0.3 is 36.4 Å². The summed E-state index contributed by atoms with van der Waals surface area (Å²) in [7, 11) is 3.09. The Morgan fingerprint density at radius 3 is 2.25 bits per heavy atom. The summed E-state index contributed by atoms with van der Waals surface area (Å²) in [5, 5.41) is 18.1. The highest BCUT2D eigenvalue weighted by molar-refractivity contribution is 5.93. The number of phenolic OH excluding ortho intramolecular Hbond substituents is 1. The van der Waals surface area contributed by atoms with Crippen LogP contribution in [0.15, 0.2) is 12.1 Å². The Labute approximate surface area is 286 Å². The molecule has 0 bridgehead atoms. The minimum Gasteiger partial charge on any atom is -0.508 e. The predicted octanol–water partition coefficient (Wildman–Crippen LogP) is 3.32. The second-order valence-electron chi connectivity index (χ2n) is 13.3. The Bertz CT molecular complexity index is 1190. The summed E-state index contributed by atoms with van der Waals surface area (Å²) < 4.78 is 4.68. The van der Waals surface area contributed by atoms with Gasteiger partial charge in [0, 0.05) is 20.0 Å². The van der Waals surface area contributed by atoms with Crippen LogP contribution in [0.4, 0.5) is 0 Å². The van der Waals surface area contributed by atoms with Gasteiger partial charge in [0.05, 0.1) is 19.7 Å². The molecule has 0 aliphatic heterocycles. The van der Waals surface area contributed by atoms with Crippen LogP contribution in [0.2, 0.25) is 0 Å². The van der Waals surface area contributed by atoms with E-state index in [-0.39, 0.29) is 30.6 Å². The zero-order valence-corrected chi connectivity index (χ0v) is 29.7. The van der Waals surface area contributed by atoms with Gasteiger partial charge in [0.25, 0.3) is 0 Å².